The zero-order valence-electron chi connectivity index (χ0n) is 12.8. The van der Waals surface area contributed by atoms with Gasteiger partial charge in [0, 0.05) is 12.1 Å². The predicted molar refractivity (Wildman–Crippen MR) is 80.9 cm³/mol. The second-order valence-corrected chi connectivity index (χ2v) is 6.15. The van der Waals surface area contributed by atoms with Gasteiger partial charge in [0.1, 0.15) is 11.5 Å². The lowest BCUT2D eigenvalue weighted by molar-refractivity contribution is 0.281. The van der Waals surface area contributed by atoms with E-state index in [1.165, 1.54) is 43.4 Å². The fourth-order valence-electron chi connectivity index (χ4n) is 3.90. The summed E-state index contributed by atoms with van der Waals surface area (Å²) < 4.78 is 11.0. The summed E-state index contributed by atoms with van der Waals surface area (Å²) in [5, 5.41) is 0. The molecule has 2 atom stereocenters. The van der Waals surface area contributed by atoms with Gasteiger partial charge in [-0.25, -0.2) is 0 Å². The van der Waals surface area contributed by atoms with Gasteiger partial charge in [-0.1, -0.05) is 0 Å². The number of rotatable bonds is 4. The smallest absolute Gasteiger partial charge is 0.126 e. The lowest BCUT2D eigenvalue weighted by Crippen LogP contribution is -2.26. The molecular weight excluding hydrogens is 250 g/mol. The highest BCUT2D eigenvalue weighted by Gasteiger charge is 2.31. The van der Waals surface area contributed by atoms with Crippen LogP contribution in [-0.4, -0.2) is 38.8 Å². The third-order valence-electron chi connectivity index (χ3n) is 5.08. The molecule has 110 valence electrons. The van der Waals surface area contributed by atoms with E-state index in [2.05, 4.69) is 18.0 Å². The fourth-order valence-corrected chi connectivity index (χ4v) is 3.90. The number of likely N-dealkylation sites (tertiary alicyclic amines) is 1. The van der Waals surface area contributed by atoms with Crippen LogP contribution in [0.15, 0.2) is 12.1 Å². The highest BCUT2D eigenvalue weighted by molar-refractivity contribution is 5.50. The maximum atomic E-state index is 5.55. The molecule has 1 fully saturated rings. The lowest BCUT2D eigenvalue weighted by Gasteiger charge is -2.23. The van der Waals surface area contributed by atoms with E-state index in [-0.39, 0.29) is 0 Å². The van der Waals surface area contributed by atoms with Gasteiger partial charge in [-0.3, -0.25) is 0 Å². The van der Waals surface area contributed by atoms with E-state index < -0.39 is 0 Å². The van der Waals surface area contributed by atoms with Crippen LogP contribution in [0, 0.1) is 0 Å². The average Bonchev–Trinajstić information content (AvgIpc) is 3.06. The minimum atomic E-state index is 0.666. The van der Waals surface area contributed by atoms with E-state index in [1.54, 1.807) is 14.2 Å². The van der Waals surface area contributed by atoms with Gasteiger partial charge in [0.05, 0.1) is 14.2 Å². The molecule has 0 spiro atoms. The molecule has 0 saturated carbocycles. The van der Waals surface area contributed by atoms with Gasteiger partial charge in [-0.05, 0) is 68.8 Å². The van der Waals surface area contributed by atoms with Gasteiger partial charge in [-0.2, -0.15) is 0 Å². The summed E-state index contributed by atoms with van der Waals surface area (Å²) in [5.74, 6) is 2.59. The fraction of sp³-hybridized carbons (Fsp3) is 0.647. The Morgan fingerprint density at radius 3 is 2.70 bits per heavy atom. The predicted octanol–water partition coefficient (Wildman–Crippen LogP) is 3.22. The van der Waals surface area contributed by atoms with Crippen LogP contribution >= 0.6 is 0 Å². The van der Waals surface area contributed by atoms with Crippen molar-refractivity contribution in [3.05, 3.63) is 23.3 Å². The zero-order valence-corrected chi connectivity index (χ0v) is 12.8. The van der Waals surface area contributed by atoms with E-state index in [0.29, 0.717) is 5.92 Å². The molecule has 1 saturated heterocycles. The molecule has 1 unspecified atom stereocenters. The minimum absolute atomic E-state index is 0.666. The van der Waals surface area contributed by atoms with Crippen molar-refractivity contribution in [3.63, 3.8) is 0 Å². The van der Waals surface area contributed by atoms with Crippen molar-refractivity contribution in [2.75, 3.05) is 27.8 Å². The molecule has 20 heavy (non-hydrogen) atoms. The second kappa shape index (κ2) is 5.65. The Bertz CT molecular complexity index is 486. The SMILES string of the molecule is COc1cc(OC)c2c(c1)C(C[C@H]1CCCN1C)CC2. The summed E-state index contributed by atoms with van der Waals surface area (Å²) in [6, 6.07) is 5.00. The van der Waals surface area contributed by atoms with Crippen molar-refractivity contribution in [1.82, 2.24) is 4.90 Å². The highest BCUT2D eigenvalue weighted by atomic mass is 16.5. The van der Waals surface area contributed by atoms with E-state index in [4.69, 9.17) is 9.47 Å². The second-order valence-electron chi connectivity index (χ2n) is 6.15. The third-order valence-corrected chi connectivity index (χ3v) is 5.08. The first kappa shape index (κ1) is 13.7. The number of hydrogen-bond acceptors (Lipinski definition) is 3. The van der Waals surface area contributed by atoms with Crippen LogP contribution in [0.25, 0.3) is 0 Å². The number of methoxy groups -OCH3 is 2. The maximum Gasteiger partial charge on any atom is 0.126 e. The lowest BCUT2D eigenvalue weighted by atomic mass is 9.92. The summed E-state index contributed by atoms with van der Waals surface area (Å²) >= 11 is 0. The highest BCUT2D eigenvalue weighted by Crippen LogP contribution is 2.44. The van der Waals surface area contributed by atoms with Crippen molar-refractivity contribution < 1.29 is 9.47 Å². The van der Waals surface area contributed by atoms with Crippen LogP contribution in [-0.2, 0) is 6.42 Å². The molecule has 0 radical (unpaired) electrons. The number of fused-ring (bicyclic) bond motifs is 1. The molecule has 2 aliphatic rings. The van der Waals surface area contributed by atoms with E-state index in [9.17, 15) is 0 Å². The maximum absolute atomic E-state index is 5.55. The topological polar surface area (TPSA) is 21.7 Å². The van der Waals surface area contributed by atoms with Crippen molar-refractivity contribution in [2.24, 2.45) is 0 Å². The molecule has 3 heteroatoms. The van der Waals surface area contributed by atoms with Crippen LogP contribution in [0.1, 0.15) is 42.7 Å². The van der Waals surface area contributed by atoms with Crippen molar-refractivity contribution >= 4 is 0 Å². The Morgan fingerprint density at radius 2 is 2.05 bits per heavy atom. The summed E-state index contributed by atoms with van der Waals surface area (Å²) in [7, 11) is 5.75. The zero-order chi connectivity index (χ0) is 14.1. The van der Waals surface area contributed by atoms with Crippen LogP contribution < -0.4 is 9.47 Å². The molecule has 3 rings (SSSR count). The molecule has 0 amide bonds. The Morgan fingerprint density at radius 1 is 1.20 bits per heavy atom. The first-order chi connectivity index (χ1) is 9.72. The van der Waals surface area contributed by atoms with Gasteiger partial charge in [0.2, 0.25) is 0 Å². The van der Waals surface area contributed by atoms with E-state index in [0.717, 1.165) is 24.0 Å². The number of benzene rings is 1. The molecule has 0 aromatic heterocycles. The van der Waals surface area contributed by atoms with Gasteiger partial charge < -0.3 is 14.4 Å². The normalized spacial score (nSPS) is 25.8. The molecular formula is C17H25NO2. The largest absolute Gasteiger partial charge is 0.497 e. The van der Waals surface area contributed by atoms with Gasteiger partial charge >= 0.3 is 0 Å². The number of nitrogens with zero attached hydrogens (tertiary/aromatic N) is 1. The first-order valence-electron chi connectivity index (χ1n) is 7.68. The molecule has 1 aromatic carbocycles. The van der Waals surface area contributed by atoms with Crippen molar-refractivity contribution in [2.45, 2.75) is 44.1 Å². The summed E-state index contributed by atoms with van der Waals surface area (Å²) in [5.41, 5.74) is 2.86. The molecule has 1 aliphatic heterocycles. The minimum Gasteiger partial charge on any atom is -0.497 e. The number of hydrogen-bond donors (Lipinski definition) is 0. The third kappa shape index (κ3) is 2.39. The van der Waals surface area contributed by atoms with E-state index in [1.807, 2.05) is 6.07 Å². The Hall–Kier alpha value is -1.22. The molecule has 1 aliphatic carbocycles. The molecule has 0 N–H and O–H groups in total. The Labute approximate surface area is 121 Å². The molecule has 0 bridgehead atoms. The summed E-state index contributed by atoms with van der Waals surface area (Å²) in [6.07, 6.45) is 6.37. The van der Waals surface area contributed by atoms with Gasteiger partial charge in [-0.15, -0.1) is 0 Å². The van der Waals surface area contributed by atoms with Crippen LogP contribution in [0.2, 0.25) is 0 Å². The Kier molecular flexibility index (Phi) is 3.88. The average molecular weight is 275 g/mol. The van der Waals surface area contributed by atoms with Gasteiger partial charge in [0.25, 0.3) is 0 Å². The quantitative estimate of drug-likeness (QED) is 0.842. The Balaban J connectivity index is 1.85. The van der Waals surface area contributed by atoms with Gasteiger partial charge in [0.15, 0.2) is 0 Å². The molecule has 1 aromatic rings. The van der Waals surface area contributed by atoms with Crippen LogP contribution in [0.4, 0.5) is 0 Å². The molecule has 3 nitrogen and oxygen atoms in total. The standard InChI is InChI=1S/C17H25NO2/c1-18-8-4-5-13(18)9-12-6-7-15-16(12)10-14(19-2)11-17(15)20-3/h10-13H,4-9H2,1-3H3/t12?,13-/m1/s1. The monoisotopic (exact) mass is 275 g/mol. The van der Waals surface area contributed by atoms with Crippen molar-refractivity contribution in [3.8, 4) is 11.5 Å². The summed E-state index contributed by atoms with van der Waals surface area (Å²) in [4.78, 5) is 2.52. The number of ether oxygens (including phenoxy) is 2. The van der Waals surface area contributed by atoms with Crippen LogP contribution in [0.5, 0.6) is 11.5 Å². The van der Waals surface area contributed by atoms with Crippen LogP contribution in [0.3, 0.4) is 0 Å². The van der Waals surface area contributed by atoms with E-state index >= 15 is 0 Å². The first-order valence-corrected chi connectivity index (χ1v) is 7.68. The molecule has 1 heterocycles. The summed E-state index contributed by atoms with van der Waals surface area (Å²) in [6.45, 7) is 1.26. The van der Waals surface area contributed by atoms with Crippen molar-refractivity contribution in [1.29, 1.82) is 0 Å².